The number of aromatic nitrogens is 2. The summed E-state index contributed by atoms with van der Waals surface area (Å²) in [6.45, 7) is 5.26. The number of pyridine rings is 1. The van der Waals surface area contributed by atoms with Crippen molar-refractivity contribution in [3.05, 3.63) is 76.0 Å². The molecule has 2 saturated heterocycles. The van der Waals surface area contributed by atoms with Gasteiger partial charge >= 0.3 is 6.09 Å². The van der Waals surface area contributed by atoms with Crippen LogP contribution in [0.1, 0.15) is 46.3 Å². The summed E-state index contributed by atoms with van der Waals surface area (Å²) in [5.74, 6) is 0.721. The van der Waals surface area contributed by atoms with Crippen molar-refractivity contribution in [2.24, 2.45) is 0 Å². The molecule has 0 bridgehead atoms. The van der Waals surface area contributed by atoms with Crippen molar-refractivity contribution >= 4 is 23.3 Å². The fourth-order valence-corrected chi connectivity index (χ4v) is 6.08. The van der Waals surface area contributed by atoms with E-state index >= 15 is 0 Å². The summed E-state index contributed by atoms with van der Waals surface area (Å²) in [4.78, 5) is 39.4. The van der Waals surface area contributed by atoms with Gasteiger partial charge in [0.2, 0.25) is 0 Å². The van der Waals surface area contributed by atoms with Crippen LogP contribution in [0.3, 0.4) is 0 Å². The third kappa shape index (κ3) is 3.83. The van der Waals surface area contributed by atoms with Gasteiger partial charge in [-0.15, -0.1) is 11.3 Å². The first-order valence-electron chi connectivity index (χ1n) is 11.6. The summed E-state index contributed by atoms with van der Waals surface area (Å²) in [7, 11) is 1.63. The zero-order chi connectivity index (χ0) is 24.6. The highest BCUT2D eigenvalue weighted by Crippen LogP contribution is 2.52. The number of piperidine rings is 1. The molecule has 8 nitrogen and oxygen atoms in total. The van der Waals surface area contributed by atoms with Crippen LogP contribution in [-0.2, 0) is 16.8 Å². The van der Waals surface area contributed by atoms with Gasteiger partial charge in [0.15, 0.2) is 0 Å². The van der Waals surface area contributed by atoms with Crippen molar-refractivity contribution < 1.29 is 19.1 Å². The number of carbonyl (C=O) groups excluding carboxylic acids is 2. The van der Waals surface area contributed by atoms with Gasteiger partial charge < -0.3 is 14.4 Å². The van der Waals surface area contributed by atoms with E-state index in [0.717, 1.165) is 22.6 Å². The van der Waals surface area contributed by atoms with Crippen LogP contribution in [0, 0.1) is 6.92 Å². The van der Waals surface area contributed by atoms with E-state index in [0.29, 0.717) is 37.4 Å². The smallest absolute Gasteiger partial charge is 0.411 e. The van der Waals surface area contributed by atoms with Crippen LogP contribution in [0.15, 0.2) is 54.3 Å². The first kappa shape index (κ1) is 23.3. The number of aryl methyl sites for hydroxylation is 1. The predicted molar refractivity (Wildman–Crippen MR) is 131 cm³/mol. The Balaban J connectivity index is 1.47. The molecule has 1 unspecified atom stereocenters. The van der Waals surface area contributed by atoms with Gasteiger partial charge in [-0.25, -0.2) is 9.78 Å². The van der Waals surface area contributed by atoms with Crippen LogP contribution in [0.5, 0.6) is 5.75 Å². The predicted octanol–water partition coefficient (Wildman–Crippen LogP) is 4.40. The maximum Gasteiger partial charge on any atom is 0.411 e. The van der Waals surface area contributed by atoms with Gasteiger partial charge in [0.05, 0.1) is 24.9 Å². The van der Waals surface area contributed by atoms with E-state index in [9.17, 15) is 9.59 Å². The van der Waals surface area contributed by atoms with Crippen LogP contribution < -0.4 is 4.74 Å². The molecule has 2 amide bonds. The van der Waals surface area contributed by atoms with E-state index in [-0.39, 0.29) is 12.0 Å². The topological polar surface area (TPSA) is 84.9 Å². The second-order valence-corrected chi connectivity index (χ2v) is 10.0. The third-order valence-corrected chi connectivity index (χ3v) is 8.34. The highest BCUT2D eigenvalue weighted by Gasteiger charge is 2.64. The van der Waals surface area contributed by atoms with Crippen LogP contribution >= 0.6 is 11.3 Å². The number of likely N-dealkylation sites (tertiary alicyclic amines) is 1. The molecule has 0 aliphatic carbocycles. The molecule has 4 heterocycles. The number of thiazole rings is 1. The lowest BCUT2D eigenvalue weighted by Gasteiger charge is -2.48. The Morgan fingerprint density at radius 1 is 1.23 bits per heavy atom. The number of methoxy groups -OCH3 is 1. The molecule has 182 valence electrons. The summed E-state index contributed by atoms with van der Waals surface area (Å²) >= 11 is 1.36. The molecule has 2 aliphatic heterocycles. The van der Waals surface area contributed by atoms with E-state index in [1.165, 1.54) is 11.3 Å². The molecule has 2 aromatic heterocycles. The largest absolute Gasteiger partial charge is 0.497 e. The molecule has 0 radical (unpaired) electrons. The molecular weight excluding hydrogens is 464 g/mol. The summed E-state index contributed by atoms with van der Waals surface area (Å²) in [5, 5.41) is 0. The van der Waals surface area contributed by atoms with E-state index in [1.807, 2.05) is 48.2 Å². The van der Waals surface area contributed by atoms with Crippen LogP contribution in [0.4, 0.5) is 4.79 Å². The molecule has 9 heteroatoms. The number of rotatable bonds is 5. The first-order valence-corrected chi connectivity index (χ1v) is 12.5. The monoisotopic (exact) mass is 492 g/mol. The van der Waals surface area contributed by atoms with Gasteiger partial charge in [-0.2, -0.15) is 0 Å². The number of carbonyl (C=O) groups is 2. The molecule has 1 aromatic carbocycles. The molecule has 35 heavy (non-hydrogen) atoms. The van der Waals surface area contributed by atoms with Crippen molar-refractivity contribution in [1.82, 2.24) is 19.8 Å². The van der Waals surface area contributed by atoms with E-state index < -0.39 is 11.1 Å². The van der Waals surface area contributed by atoms with Crippen molar-refractivity contribution in [3.8, 4) is 5.75 Å². The van der Waals surface area contributed by atoms with Crippen molar-refractivity contribution in [1.29, 1.82) is 0 Å². The number of amides is 2. The number of benzene rings is 1. The van der Waals surface area contributed by atoms with E-state index in [2.05, 4.69) is 16.9 Å². The zero-order valence-electron chi connectivity index (χ0n) is 20.1. The van der Waals surface area contributed by atoms with Crippen LogP contribution in [0.2, 0.25) is 0 Å². The number of hydrogen-bond donors (Lipinski definition) is 0. The maximum absolute atomic E-state index is 13.4. The minimum Gasteiger partial charge on any atom is -0.497 e. The fourth-order valence-electron chi connectivity index (χ4n) is 5.31. The van der Waals surface area contributed by atoms with Crippen LogP contribution in [-0.4, -0.2) is 57.6 Å². The van der Waals surface area contributed by atoms with Gasteiger partial charge in [0.1, 0.15) is 21.8 Å². The normalized spacial score (nSPS) is 21.3. The van der Waals surface area contributed by atoms with Gasteiger partial charge in [-0.1, -0.05) is 18.2 Å². The first-order chi connectivity index (χ1) is 16.9. The lowest BCUT2D eigenvalue weighted by molar-refractivity contribution is -0.0552. The maximum atomic E-state index is 13.4. The summed E-state index contributed by atoms with van der Waals surface area (Å²) in [6.07, 6.45) is 4.23. The van der Waals surface area contributed by atoms with Gasteiger partial charge in [-0.3, -0.25) is 14.7 Å². The number of nitrogens with zero attached hydrogens (tertiary/aromatic N) is 4. The molecule has 1 atom stereocenters. The number of ether oxygens (including phenoxy) is 2. The summed E-state index contributed by atoms with van der Waals surface area (Å²) < 4.78 is 11.6. The molecule has 2 aliphatic rings. The molecule has 1 spiro atoms. The van der Waals surface area contributed by atoms with Gasteiger partial charge in [-0.05, 0) is 43.2 Å². The van der Waals surface area contributed by atoms with E-state index in [1.54, 1.807) is 29.9 Å². The Labute approximate surface area is 208 Å². The lowest BCUT2D eigenvalue weighted by atomic mass is 9.70. The molecule has 2 fully saturated rings. The highest BCUT2D eigenvalue weighted by atomic mass is 32.1. The van der Waals surface area contributed by atoms with Crippen molar-refractivity contribution in [2.45, 2.75) is 44.4 Å². The summed E-state index contributed by atoms with van der Waals surface area (Å²) in [6, 6.07) is 11.6. The summed E-state index contributed by atoms with van der Waals surface area (Å²) in [5.41, 5.74) is 2.75. The van der Waals surface area contributed by atoms with Gasteiger partial charge in [0.25, 0.3) is 5.91 Å². The quantitative estimate of drug-likeness (QED) is 0.525. The SMILES string of the molecule is COc1cccc(CN2C(=O)OC3(CCN(C(=O)c4scnc4C)CC3)C2(C)c2cccnc2)c1. The molecule has 0 saturated carbocycles. The Kier molecular flexibility index (Phi) is 5.96. The standard InChI is InChI=1S/C26H28N4O4S/c1-18-22(35-17-28-18)23(31)29-12-9-26(10-13-29)25(2,20-7-5-11-27-15-20)30(24(32)34-26)16-19-6-4-8-21(14-19)33-3/h4-8,11,14-15,17H,9-10,12-13,16H2,1-3H3. The zero-order valence-corrected chi connectivity index (χ0v) is 20.9. The molecular formula is C26H28N4O4S. The van der Waals surface area contributed by atoms with Crippen molar-refractivity contribution in [2.75, 3.05) is 20.2 Å². The third-order valence-electron chi connectivity index (χ3n) is 7.43. The Morgan fingerprint density at radius 2 is 2.03 bits per heavy atom. The molecule has 0 N–H and O–H groups in total. The average molecular weight is 493 g/mol. The number of hydrogen-bond acceptors (Lipinski definition) is 7. The van der Waals surface area contributed by atoms with Crippen LogP contribution in [0.25, 0.3) is 0 Å². The minimum absolute atomic E-state index is 0.0134. The highest BCUT2D eigenvalue weighted by molar-refractivity contribution is 7.11. The Hall–Kier alpha value is -3.46. The molecule has 5 rings (SSSR count). The Morgan fingerprint density at radius 3 is 2.69 bits per heavy atom. The second-order valence-electron chi connectivity index (χ2n) is 9.17. The fraction of sp³-hybridized carbons (Fsp3) is 0.385. The second kappa shape index (κ2) is 8.96. The molecule has 3 aromatic rings. The lowest BCUT2D eigenvalue weighted by Crippen LogP contribution is -2.58. The van der Waals surface area contributed by atoms with Crippen molar-refractivity contribution in [3.63, 3.8) is 0 Å². The Bertz CT molecular complexity index is 1240. The minimum atomic E-state index is -0.786. The van der Waals surface area contributed by atoms with Gasteiger partial charge in [0, 0.05) is 38.3 Å². The van der Waals surface area contributed by atoms with E-state index in [4.69, 9.17) is 9.47 Å². The average Bonchev–Trinajstić information content (AvgIpc) is 3.40.